The number of hydrogen-bond acceptors (Lipinski definition) is 8. The van der Waals surface area contributed by atoms with Crippen LogP contribution in [0.2, 0.25) is 0 Å². The number of carbonyl (C=O) groups is 1. The molecule has 1 N–H and O–H groups in total. The Morgan fingerprint density at radius 2 is 1.11 bits per heavy atom. The molecule has 5 aromatic rings. The SMILES string of the molecule is COc1ccc(COc2ccc3c(c2)Oc2cc(OCc4ccc(OC)cc4)ccc2C32OC(=O)c3ccc(O)cc32)cc1. The number of benzene rings is 5. The van der Waals surface area contributed by atoms with E-state index in [1.165, 1.54) is 6.07 Å². The Balaban J connectivity index is 1.25. The molecular weight excluding hydrogens is 560 g/mol. The maximum Gasteiger partial charge on any atom is 0.340 e. The predicted molar refractivity (Wildman–Crippen MR) is 161 cm³/mol. The van der Waals surface area contributed by atoms with E-state index in [2.05, 4.69) is 0 Å². The van der Waals surface area contributed by atoms with E-state index in [0.29, 0.717) is 58.5 Å². The lowest BCUT2D eigenvalue weighted by atomic mass is 9.77. The maximum absolute atomic E-state index is 13.2. The molecule has 220 valence electrons. The summed E-state index contributed by atoms with van der Waals surface area (Å²) in [6, 6.07) is 30.8. The van der Waals surface area contributed by atoms with Gasteiger partial charge in [-0.25, -0.2) is 4.79 Å². The van der Waals surface area contributed by atoms with Crippen LogP contribution in [0.4, 0.5) is 0 Å². The molecule has 0 saturated heterocycles. The molecular formula is C36H28O8. The summed E-state index contributed by atoms with van der Waals surface area (Å²) in [5, 5.41) is 10.4. The highest BCUT2D eigenvalue weighted by atomic mass is 16.6. The normalized spacial score (nSPS) is 13.6. The first kappa shape index (κ1) is 27.2. The summed E-state index contributed by atoms with van der Waals surface area (Å²) >= 11 is 0. The first-order valence-corrected chi connectivity index (χ1v) is 14.0. The third kappa shape index (κ3) is 4.70. The molecule has 0 unspecified atom stereocenters. The number of rotatable bonds is 8. The van der Waals surface area contributed by atoms with Crippen LogP contribution in [-0.2, 0) is 23.6 Å². The summed E-state index contributed by atoms with van der Waals surface area (Å²) in [7, 11) is 3.25. The number of aromatic hydroxyl groups is 1. The van der Waals surface area contributed by atoms with Crippen LogP contribution < -0.4 is 23.7 Å². The Morgan fingerprint density at radius 3 is 1.61 bits per heavy atom. The lowest BCUT2D eigenvalue weighted by Gasteiger charge is -2.36. The van der Waals surface area contributed by atoms with E-state index < -0.39 is 11.6 Å². The summed E-state index contributed by atoms with van der Waals surface area (Å²) in [5.74, 6) is 3.14. The predicted octanol–water partition coefficient (Wildman–Crippen LogP) is 7.14. The third-order valence-electron chi connectivity index (χ3n) is 7.86. The second-order valence-electron chi connectivity index (χ2n) is 10.5. The number of ether oxygens (including phenoxy) is 6. The smallest absolute Gasteiger partial charge is 0.340 e. The minimum Gasteiger partial charge on any atom is -0.508 e. The minimum absolute atomic E-state index is 0.0231. The highest BCUT2D eigenvalue weighted by Gasteiger charge is 2.53. The third-order valence-corrected chi connectivity index (χ3v) is 7.86. The minimum atomic E-state index is -1.34. The number of fused-ring (bicyclic) bond motifs is 6. The average Bonchev–Trinajstić information content (AvgIpc) is 3.34. The van der Waals surface area contributed by atoms with Crippen molar-refractivity contribution in [1.29, 1.82) is 0 Å². The highest BCUT2D eigenvalue weighted by Crippen LogP contribution is 2.57. The van der Waals surface area contributed by atoms with Gasteiger partial charge in [0.25, 0.3) is 0 Å². The number of phenols is 1. The lowest BCUT2D eigenvalue weighted by molar-refractivity contribution is 0.0223. The van der Waals surface area contributed by atoms with Crippen molar-refractivity contribution < 1.29 is 38.3 Å². The van der Waals surface area contributed by atoms with Crippen LogP contribution >= 0.6 is 0 Å². The summed E-state index contributed by atoms with van der Waals surface area (Å²) in [5.41, 5.74) is 2.75. The van der Waals surface area contributed by atoms with Crippen LogP contribution in [0.1, 0.15) is 38.2 Å². The largest absolute Gasteiger partial charge is 0.508 e. The van der Waals surface area contributed by atoms with Crippen LogP contribution in [0.15, 0.2) is 103 Å². The summed E-state index contributed by atoms with van der Waals surface area (Å²) in [6.07, 6.45) is 0. The molecule has 2 aliphatic rings. The Kier molecular flexibility index (Phi) is 6.74. The molecule has 5 aromatic carbocycles. The fourth-order valence-electron chi connectivity index (χ4n) is 5.63. The van der Waals surface area contributed by atoms with Gasteiger partial charge in [-0.05, 0) is 77.9 Å². The molecule has 0 radical (unpaired) electrons. The molecule has 2 aliphatic heterocycles. The average molecular weight is 589 g/mol. The second kappa shape index (κ2) is 10.9. The van der Waals surface area contributed by atoms with Crippen molar-refractivity contribution in [3.63, 3.8) is 0 Å². The molecule has 2 heterocycles. The molecule has 0 fully saturated rings. The van der Waals surface area contributed by atoms with Gasteiger partial charge in [-0.15, -0.1) is 0 Å². The topological polar surface area (TPSA) is 92.7 Å². The van der Waals surface area contributed by atoms with E-state index in [1.54, 1.807) is 38.5 Å². The van der Waals surface area contributed by atoms with Crippen molar-refractivity contribution in [3.05, 3.63) is 137 Å². The Morgan fingerprint density at radius 1 is 0.614 bits per heavy atom. The van der Waals surface area contributed by atoms with Crippen molar-refractivity contribution in [1.82, 2.24) is 0 Å². The quantitative estimate of drug-likeness (QED) is 0.191. The van der Waals surface area contributed by atoms with Gasteiger partial charge in [0.15, 0.2) is 5.60 Å². The van der Waals surface area contributed by atoms with Crippen molar-refractivity contribution >= 4 is 5.97 Å². The molecule has 8 nitrogen and oxygen atoms in total. The van der Waals surface area contributed by atoms with Crippen molar-refractivity contribution in [2.75, 3.05) is 14.2 Å². The van der Waals surface area contributed by atoms with E-state index in [0.717, 1.165) is 22.6 Å². The van der Waals surface area contributed by atoms with Gasteiger partial charge in [0, 0.05) is 28.8 Å². The number of hydrogen-bond donors (Lipinski definition) is 1. The van der Waals surface area contributed by atoms with E-state index >= 15 is 0 Å². The summed E-state index contributed by atoms with van der Waals surface area (Å²) in [6.45, 7) is 0.666. The molecule has 0 aliphatic carbocycles. The van der Waals surface area contributed by atoms with E-state index in [4.69, 9.17) is 28.4 Å². The van der Waals surface area contributed by atoms with E-state index in [1.807, 2.05) is 72.8 Å². The van der Waals surface area contributed by atoms with Gasteiger partial charge in [-0.1, -0.05) is 24.3 Å². The van der Waals surface area contributed by atoms with Crippen LogP contribution in [0.5, 0.6) is 40.2 Å². The Bertz CT molecular complexity index is 1760. The van der Waals surface area contributed by atoms with Crippen LogP contribution in [0, 0.1) is 0 Å². The first-order valence-electron chi connectivity index (χ1n) is 14.0. The fraction of sp³-hybridized carbons (Fsp3) is 0.139. The molecule has 0 amide bonds. The van der Waals surface area contributed by atoms with Gasteiger partial charge < -0.3 is 33.5 Å². The fourth-order valence-corrected chi connectivity index (χ4v) is 5.63. The zero-order valence-corrected chi connectivity index (χ0v) is 24.0. The maximum atomic E-state index is 13.2. The molecule has 7 rings (SSSR count). The zero-order valence-electron chi connectivity index (χ0n) is 24.0. The van der Waals surface area contributed by atoms with Crippen molar-refractivity contribution in [2.24, 2.45) is 0 Å². The van der Waals surface area contributed by atoms with Crippen LogP contribution in [-0.4, -0.2) is 25.3 Å². The lowest BCUT2D eigenvalue weighted by Crippen LogP contribution is -2.33. The monoisotopic (exact) mass is 588 g/mol. The molecule has 44 heavy (non-hydrogen) atoms. The van der Waals surface area contributed by atoms with Gasteiger partial charge in [-0.3, -0.25) is 0 Å². The Labute approximate surface area is 253 Å². The Hall–Kier alpha value is -5.63. The molecule has 0 saturated carbocycles. The molecule has 0 aromatic heterocycles. The van der Waals surface area contributed by atoms with Gasteiger partial charge in [-0.2, -0.15) is 0 Å². The standard InChI is InChI=1S/C36H28O8/c1-39-25-8-3-22(4-9-25)20-41-27-12-15-30-33(18-27)43-34-19-28(42-21-23-5-10-26(40-2)11-6-23)13-16-31(34)36(30)32-17-24(37)7-14-29(32)35(38)44-36/h3-19,37H,20-21H2,1-2H3. The molecule has 8 heteroatoms. The van der Waals surface area contributed by atoms with Crippen molar-refractivity contribution in [3.8, 4) is 40.2 Å². The van der Waals surface area contributed by atoms with E-state index in [9.17, 15) is 9.90 Å². The second-order valence-corrected chi connectivity index (χ2v) is 10.5. The first-order chi connectivity index (χ1) is 21.5. The number of methoxy groups -OCH3 is 2. The number of carbonyl (C=O) groups excluding carboxylic acids is 1. The summed E-state index contributed by atoms with van der Waals surface area (Å²) in [4.78, 5) is 13.2. The van der Waals surface area contributed by atoms with Crippen LogP contribution in [0.3, 0.4) is 0 Å². The van der Waals surface area contributed by atoms with E-state index in [-0.39, 0.29) is 5.75 Å². The molecule has 1 spiro atoms. The van der Waals surface area contributed by atoms with Gasteiger partial charge >= 0.3 is 5.97 Å². The highest BCUT2D eigenvalue weighted by molar-refractivity contribution is 5.97. The number of phenolic OH excluding ortho intramolecular Hbond substituents is 1. The van der Waals surface area contributed by atoms with Crippen LogP contribution in [0.25, 0.3) is 0 Å². The number of esters is 1. The van der Waals surface area contributed by atoms with Gasteiger partial charge in [0.2, 0.25) is 0 Å². The zero-order chi connectivity index (χ0) is 30.3. The summed E-state index contributed by atoms with van der Waals surface area (Å²) < 4.78 is 35.4. The molecule has 0 bridgehead atoms. The van der Waals surface area contributed by atoms with Crippen molar-refractivity contribution in [2.45, 2.75) is 18.8 Å². The van der Waals surface area contributed by atoms with Gasteiger partial charge in [0.05, 0.1) is 19.8 Å². The molecule has 0 atom stereocenters. The van der Waals surface area contributed by atoms with Gasteiger partial charge in [0.1, 0.15) is 53.5 Å².